The Morgan fingerprint density at radius 3 is 2.67 bits per heavy atom. The van der Waals surface area contributed by atoms with E-state index in [1.165, 1.54) is 10.7 Å². The zero-order chi connectivity index (χ0) is 19.4. The molecule has 3 rings (SSSR count). The van der Waals surface area contributed by atoms with E-state index in [1.54, 1.807) is 31.4 Å². The molecular formula is C19H20F2N4OS. The van der Waals surface area contributed by atoms with Gasteiger partial charge in [-0.05, 0) is 43.5 Å². The van der Waals surface area contributed by atoms with Crippen LogP contribution in [0.5, 0.6) is 0 Å². The first-order chi connectivity index (χ1) is 13.0. The lowest BCUT2D eigenvalue weighted by Gasteiger charge is -2.21. The Kier molecular flexibility index (Phi) is 5.95. The first-order valence-corrected chi connectivity index (χ1v) is 9.41. The summed E-state index contributed by atoms with van der Waals surface area (Å²) < 4.78 is 27.1. The summed E-state index contributed by atoms with van der Waals surface area (Å²) in [4.78, 5) is 18.3. The van der Waals surface area contributed by atoms with Crippen LogP contribution < -0.4 is 5.32 Å². The van der Waals surface area contributed by atoms with Gasteiger partial charge in [-0.2, -0.15) is 5.10 Å². The fraction of sp³-hybridized carbons (Fsp3) is 0.316. The molecule has 2 atom stereocenters. The number of pyridine rings is 1. The highest BCUT2D eigenvalue weighted by Gasteiger charge is 2.24. The number of hydrogen-bond acceptors (Lipinski definition) is 4. The van der Waals surface area contributed by atoms with Gasteiger partial charge in [0.2, 0.25) is 5.91 Å². The molecule has 0 saturated carbocycles. The normalized spacial score (nSPS) is 13.5. The maximum Gasteiger partial charge on any atom is 0.282 e. The van der Waals surface area contributed by atoms with Crippen LogP contribution in [0.15, 0.2) is 48.0 Å². The van der Waals surface area contributed by atoms with Crippen LogP contribution in [-0.2, 0) is 11.2 Å². The number of amides is 1. The molecule has 3 heterocycles. The molecule has 0 aliphatic rings. The van der Waals surface area contributed by atoms with Crippen LogP contribution in [-0.4, -0.2) is 20.7 Å². The molecule has 1 amide bonds. The minimum atomic E-state index is -2.67. The number of aromatic nitrogens is 3. The van der Waals surface area contributed by atoms with Gasteiger partial charge in [-0.3, -0.25) is 14.5 Å². The van der Waals surface area contributed by atoms with Gasteiger partial charge in [0, 0.05) is 23.2 Å². The Labute approximate surface area is 160 Å². The predicted octanol–water partition coefficient (Wildman–Crippen LogP) is 4.25. The predicted molar refractivity (Wildman–Crippen MR) is 99.8 cm³/mol. The van der Waals surface area contributed by atoms with Gasteiger partial charge in [0.1, 0.15) is 11.7 Å². The van der Waals surface area contributed by atoms with E-state index in [4.69, 9.17) is 0 Å². The van der Waals surface area contributed by atoms with E-state index in [9.17, 15) is 13.6 Å². The van der Waals surface area contributed by atoms with Crippen LogP contribution in [0.4, 0.5) is 8.78 Å². The number of carbonyl (C=O) groups excluding carboxylic acids is 1. The molecule has 5 nitrogen and oxygen atoms in total. The van der Waals surface area contributed by atoms with Crippen molar-refractivity contribution in [3.8, 4) is 0 Å². The van der Waals surface area contributed by atoms with Crippen molar-refractivity contribution in [1.29, 1.82) is 0 Å². The van der Waals surface area contributed by atoms with Gasteiger partial charge < -0.3 is 5.32 Å². The highest BCUT2D eigenvalue weighted by Crippen LogP contribution is 2.23. The van der Waals surface area contributed by atoms with Crippen molar-refractivity contribution >= 4 is 17.2 Å². The number of rotatable bonds is 7. The minimum Gasteiger partial charge on any atom is -0.346 e. The van der Waals surface area contributed by atoms with Crippen LogP contribution in [0.2, 0.25) is 0 Å². The third-order valence-electron chi connectivity index (χ3n) is 4.26. The van der Waals surface area contributed by atoms with E-state index in [1.807, 2.05) is 35.7 Å². The molecule has 27 heavy (non-hydrogen) atoms. The number of carbonyl (C=O) groups is 1. The van der Waals surface area contributed by atoms with Crippen LogP contribution >= 0.6 is 11.3 Å². The number of thiophene rings is 1. The molecule has 1 N–H and O–H groups in total. The molecule has 0 aliphatic carbocycles. The van der Waals surface area contributed by atoms with Crippen molar-refractivity contribution in [2.24, 2.45) is 0 Å². The third-order valence-corrected chi connectivity index (χ3v) is 5.16. The Morgan fingerprint density at radius 2 is 2.07 bits per heavy atom. The van der Waals surface area contributed by atoms with Gasteiger partial charge in [-0.25, -0.2) is 8.78 Å². The third kappa shape index (κ3) is 4.57. The smallest absolute Gasteiger partial charge is 0.282 e. The fourth-order valence-corrected chi connectivity index (χ4v) is 3.61. The second kappa shape index (κ2) is 8.39. The first kappa shape index (κ1) is 19.2. The van der Waals surface area contributed by atoms with E-state index >= 15 is 0 Å². The number of hydrogen-bond donors (Lipinski definition) is 1. The molecule has 0 fully saturated rings. The fourth-order valence-electron chi connectivity index (χ4n) is 2.86. The van der Waals surface area contributed by atoms with E-state index in [2.05, 4.69) is 15.4 Å². The average molecular weight is 390 g/mol. The molecule has 3 aromatic rings. The number of nitrogens with zero attached hydrogens (tertiary/aromatic N) is 3. The lowest BCUT2D eigenvalue weighted by atomic mass is 10.1. The highest BCUT2D eigenvalue weighted by molar-refractivity contribution is 7.09. The number of aryl methyl sites for hydroxylation is 1. The summed E-state index contributed by atoms with van der Waals surface area (Å²) in [6.45, 7) is 3.30. The number of halogens is 2. The Morgan fingerprint density at radius 1 is 1.26 bits per heavy atom. The second-order valence-corrected chi connectivity index (χ2v) is 7.26. The van der Waals surface area contributed by atoms with Crippen molar-refractivity contribution in [1.82, 2.24) is 20.1 Å². The molecule has 0 spiro atoms. The Bertz CT molecular complexity index is 881. The minimum absolute atomic E-state index is 0.297. The maximum absolute atomic E-state index is 12.9. The largest absolute Gasteiger partial charge is 0.346 e. The zero-order valence-electron chi connectivity index (χ0n) is 15.0. The molecule has 8 heteroatoms. The van der Waals surface area contributed by atoms with Gasteiger partial charge >= 0.3 is 0 Å². The van der Waals surface area contributed by atoms with Crippen LogP contribution in [0, 0.1) is 6.92 Å². The SMILES string of the molecule is Cc1cc(C(F)F)nn1[C@H](C)C(=O)N[C@@H](Cc1cccs1)c1ccccn1. The summed E-state index contributed by atoms with van der Waals surface area (Å²) in [5.74, 6) is -0.297. The van der Waals surface area contributed by atoms with Gasteiger partial charge in [-0.15, -0.1) is 11.3 Å². The first-order valence-electron chi connectivity index (χ1n) is 8.53. The zero-order valence-corrected chi connectivity index (χ0v) is 15.8. The molecule has 0 radical (unpaired) electrons. The molecule has 142 valence electrons. The van der Waals surface area contributed by atoms with Gasteiger partial charge in [0.25, 0.3) is 6.43 Å². The van der Waals surface area contributed by atoms with Crippen molar-refractivity contribution in [3.63, 3.8) is 0 Å². The highest BCUT2D eigenvalue weighted by atomic mass is 32.1. The van der Waals surface area contributed by atoms with E-state index in [0.29, 0.717) is 12.1 Å². The Hall–Kier alpha value is -2.61. The second-order valence-electron chi connectivity index (χ2n) is 6.23. The summed E-state index contributed by atoms with van der Waals surface area (Å²) in [7, 11) is 0. The van der Waals surface area contributed by atoms with Crippen LogP contribution in [0.3, 0.4) is 0 Å². The summed E-state index contributed by atoms with van der Waals surface area (Å²) >= 11 is 1.61. The van der Waals surface area contributed by atoms with E-state index < -0.39 is 12.5 Å². The standard InChI is InChI=1S/C19H20F2N4OS/c1-12-10-17(18(20)21)24-25(12)13(2)19(26)23-16(11-14-6-5-9-27-14)15-7-3-4-8-22-15/h3-10,13,16,18H,11H2,1-2H3,(H,23,26)/t13-,16+/m1/s1. The average Bonchev–Trinajstić information content (AvgIpc) is 3.30. The molecule has 0 bridgehead atoms. The van der Waals surface area contributed by atoms with Crippen molar-refractivity contribution < 1.29 is 13.6 Å². The molecule has 0 aromatic carbocycles. The van der Waals surface area contributed by atoms with Crippen molar-refractivity contribution in [2.45, 2.75) is 38.8 Å². The monoisotopic (exact) mass is 390 g/mol. The lowest BCUT2D eigenvalue weighted by Crippen LogP contribution is -2.36. The number of nitrogens with one attached hydrogen (secondary N) is 1. The van der Waals surface area contributed by atoms with Crippen molar-refractivity contribution in [2.75, 3.05) is 0 Å². The van der Waals surface area contributed by atoms with Crippen molar-refractivity contribution in [3.05, 3.63) is 69.9 Å². The molecule has 0 saturated heterocycles. The van der Waals surface area contributed by atoms with Gasteiger partial charge in [-0.1, -0.05) is 12.1 Å². The quantitative estimate of drug-likeness (QED) is 0.656. The lowest BCUT2D eigenvalue weighted by molar-refractivity contribution is -0.125. The van der Waals surface area contributed by atoms with Gasteiger partial charge in [0.15, 0.2) is 0 Å². The Balaban J connectivity index is 1.79. The summed E-state index contributed by atoms with van der Waals surface area (Å²) in [5.41, 5.74) is 0.935. The van der Waals surface area contributed by atoms with Crippen LogP contribution in [0.25, 0.3) is 0 Å². The van der Waals surface area contributed by atoms with Gasteiger partial charge in [0.05, 0.1) is 11.7 Å². The molecular weight excluding hydrogens is 370 g/mol. The molecule has 3 aromatic heterocycles. The van der Waals surface area contributed by atoms with E-state index in [-0.39, 0.29) is 17.6 Å². The number of alkyl halides is 2. The molecule has 0 unspecified atom stereocenters. The van der Waals surface area contributed by atoms with Crippen LogP contribution in [0.1, 0.15) is 47.4 Å². The van der Waals surface area contributed by atoms with E-state index in [0.717, 1.165) is 10.6 Å². The topological polar surface area (TPSA) is 59.8 Å². The molecule has 0 aliphatic heterocycles. The summed E-state index contributed by atoms with van der Waals surface area (Å²) in [6.07, 6.45) is -0.382. The summed E-state index contributed by atoms with van der Waals surface area (Å²) in [6, 6.07) is 9.77. The maximum atomic E-state index is 12.9. The summed E-state index contributed by atoms with van der Waals surface area (Å²) in [5, 5.41) is 8.85.